The highest BCUT2D eigenvalue weighted by molar-refractivity contribution is 5.20. The molecular weight excluding hydrogens is 246 g/mol. The Bertz CT molecular complexity index is 457. The van der Waals surface area contributed by atoms with E-state index in [0.29, 0.717) is 12.0 Å². The van der Waals surface area contributed by atoms with Crippen molar-refractivity contribution < 1.29 is 0 Å². The number of rotatable bonds is 3. The van der Waals surface area contributed by atoms with Gasteiger partial charge in [-0.05, 0) is 24.9 Å². The minimum atomic E-state index is 0.266. The van der Waals surface area contributed by atoms with Crippen molar-refractivity contribution in [2.45, 2.75) is 18.5 Å². The fraction of sp³-hybridized carbons (Fsp3) is 0.529. The zero-order valence-corrected chi connectivity index (χ0v) is 12.3. The Morgan fingerprint density at radius 1 is 1.15 bits per heavy atom. The van der Waals surface area contributed by atoms with Gasteiger partial charge in [0, 0.05) is 38.3 Å². The molecule has 1 saturated heterocycles. The molecule has 3 nitrogen and oxygen atoms in total. The fourth-order valence-corrected chi connectivity index (χ4v) is 3.41. The molecule has 3 heteroatoms. The molecule has 1 aliphatic carbocycles. The van der Waals surface area contributed by atoms with E-state index >= 15 is 0 Å². The summed E-state index contributed by atoms with van der Waals surface area (Å²) in [6.07, 6.45) is 5.58. The number of piperazine rings is 1. The molecule has 0 spiro atoms. The van der Waals surface area contributed by atoms with Gasteiger partial charge in [0.1, 0.15) is 0 Å². The maximum atomic E-state index is 5.98. The van der Waals surface area contributed by atoms with Crippen LogP contribution in [0.5, 0.6) is 0 Å². The van der Waals surface area contributed by atoms with Gasteiger partial charge in [-0.3, -0.25) is 4.90 Å². The molecule has 0 radical (unpaired) electrons. The van der Waals surface area contributed by atoms with Crippen LogP contribution in [0.15, 0.2) is 42.5 Å². The van der Waals surface area contributed by atoms with Crippen molar-refractivity contribution >= 4 is 0 Å². The predicted octanol–water partition coefficient (Wildman–Crippen LogP) is 1.88. The second-order valence-corrected chi connectivity index (χ2v) is 6.23. The van der Waals surface area contributed by atoms with Gasteiger partial charge in [-0.1, -0.05) is 42.5 Å². The SMILES string of the molecule is CN1CCN(CC2C=CC(N)C2)C(c2ccccc2)C1. The lowest BCUT2D eigenvalue weighted by Crippen LogP contribution is -2.48. The Morgan fingerprint density at radius 2 is 1.95 bits per heavy atom. The molecular formula is C17H25N3. The highest BCUT2D eigenvalue weighted by Crippen LogP contribution is 2.28. The van der Waals surface area contributed by atoms with Crippen LogP contribution in [-0.4, -0.2) is 49.1 Å². The second-order valence-electron chi connectivity index (χ2n) is 6.23. The molecule has 0 amide bonds. The topological polar surface area (TPSA) is 32.5 Å². The lowest BCUT2D eigenvalue weighted by molar-refractivity contribution is 0.0802. The maximum absolute atomic E-state index is 5.98. The Kier molecular flexibility index (Phi) is 4.20. The normalized spacial score (nSPS) is 31.8. The molecule has 3 rings (SSSR count). The van der Waals surface area contributed by atoms with Gasteiger partial charge in [0.05, 0.1) is 0 Å². The molecule has 1 fully saturated rings. The molecule has 3 atom stereocenters. The van der Waals surface area contributed by atoms with E-state index in [-0.39, 0.29) is 6.04 Å². The first-order chi connectivity index (χ1) is 9.72. The molecule has 0 aromatic heterocycles. The van der Waals surface area contributed by atoms with Crippen molar-refractivity contribution in [2.75, 3.05) is 33.2 Å². The zero-order chi connectivity index (χ0) is 13.9. The Labute approximate surface area is 122 Å². The second kappa shape index (κ2) is 6.08. The molecule has 0 saturated carbocycles. The van der Waals surface area contributed by atoms with E-state index in [2.05, 4.69) is 59.3 Å². The first-order valence-electron chi connectivity index (χ1n) is 7.64. The zero-order valence-electron chi connectivity index (χ0n) is 12.3. The molecule has 0 bridgehead atoms. The summed E-state index contributed by atoms with van der Waals surface area (Å²) in [6.45, 7) is 4.56. The van der Waals surface area contributed by atoms with Gasteiger partial charge in [0.2, 0.25) is 0 Å². The molecule has 2 N–H and O–H groups in total. The molecule has 1 heterocycles. The Morgan fingerprint density at radius 3 is 2.65 bits per heavy atom. The van der Waals surface area contributed by atoms with E-state index in [0.717, 1.165) is 32.6 Å². The molecule has 20 heavy (non-hydrogen) atoms. The van der Waals surface area contributed by atoms with Crippen molar-refractivity contribution in [3.8, 4) is 0 Å². The van der Waals surface area contributed by atoms with E-state index in [1.165, 1.54) is 5.56 Å². The number of nitrogens with two attached hydrogens (primary N) is 1. The van der Waals surface area contributed by atoms with Crippen LogP contribution in [-0.2, 0) is 0 Å². The summed E-state index contributed by atoms with van der Waals surface area (Å²) in [5.74, 6) is 0.625. The quantitative estimate of drug-likeness (QED) is 0.852. The number of hydrogen-bond acceptors (Lipinski definition) is 3. The summed E-state index contributed by atoms with van der Waals surface area (Å²) in [4.78, 5) is 5.08. The van der Waals surface area contributed by atoms with Gasteiger partial charge in [-0.15, -0.1) is 0 Å². The van der Waals surface area contributed by atoms with Gasteiger partial charge >= 0.3 is 0 Å². The Hall–Kier alpha value is -1.16. The summed E-state index contributed by atoms with van der Waals surface area (Å²) in [6, 6.07) is 11.7. The van der Waals surface area contributed by atoms with Crippen LogP contribution in [0.1, 0.15) is 18.0 Å². The average Bonchev–Trinajstić information content (AvgIpc) is 2.87. The summed E-state index contributed by atoms with van der Waals surface area (Å²) in [5, 5.41) is 0. The first kappa shape index (κ1) is 13.8. The van der Waals surface area contributed by atoms with Crippen molar-refractivity contribution in [3.63, 3.8) is 0 Å². The predicted molar refractivity (Wildman–Crippen MR) is 83.5 cm³/mol. The van der Waals surface area contributed by atoms with Crippen molar-refractivity contribution in [2.24, 2.45) is 11.7 Å². The van der Waals surface area contributed by atoms with Gasteiger partial charge in [0.15, 0.2) is 0 Å². The summed E-state index contributed by atoms with van der Waals surface area (Å²) in [7, 11) is 2.22. The molecule has 1 aromatic carbocycles. The third-order valence-corrected chi connectivity index (χ3v) is 4.55. The highest BCUT2D eigenvalue weighted by Gasteiger charge is 2.29. The van der Waals surface area contributed by atoms with Crippen LogP contribution in [0, 0.1) is 5.92 Å². The number of likely N-dealkylation sites (N-methyl/N-ethyl adjacent to an activating group) is 1. The largest absolute Gasteiger partial charge is 0.324 e. The van der Waals surface area contributed by atoms with E-state index < -0.39 is 0 Å². The summed E-state index contributed by atoms with van der Waals surface area (Å²) >= 11 is 0. The molecule has 1 aliphatic heterocycles. The van der Waals surface area contributed by atoms with E-state index in [9.17, 15) is 0 Å². The van der Waals surface area contributed by atoms with Crippen LogP contribution >= 0.6 is 0 Å². The van der Waals surface area contributed by atoms with Crippen LogP contribution < -0.4 is 5.73 Å². The van der Waals surface area contributed by atoms with Gasteiger partial charge in [0.25, 0.3) is 0 Å². The van der Waals surface area contributed by atoms with Gasteiger partial charge in [-0.25, -0.2) is 0 Å². The Balaban J connectivity index is 1.72. The average molecular weight is 271 g/mol. The number of nitrogens with zero attached hydrogens (tertiary/aromatic N) is 2. The maximum Gasteiger partial charge on any atom is 0.0475 e. The van der Waals surface area contributed by atoms with E-state index in [4.69, 9.17) is 5.73 Å². The van der Waals surface area contributed by atoms with E-state index in [1.807, 2.05) is 0 Å². The van der Waals surface area contributed by atoms with Crippen LogP contribution in [0.4, 0.5) is 0 Å². The van der Waals surface area contributed by atoms with Gasteiger partial charge < -0.3 is 10.6 Å². The molecule has 2 aliphatic rings. The fourth-order valence-electron chi connectivity index (χ4n) is 3.41. The van der Waals surface area contributed by atoms with Crippen molar-refractivity contribution in [1.29, 1.82) is 0 Å². The number of benzene rings is 1. The van der Waals surface area contributed by atoms with Crippen LogP contribution in [0.25, 0.3) is 0 Å². The van der Waals surface area contributed by atoms with Crippen molar-refractivity contribution in [3.05, 3.63) is 48.0 Å². The van der Waals surface area contributed by atoms with Crippen molar-refractivity contribution in [1.82, 2.24) is 9.80 Å². The summed E-state index contributed by atoms with van der Waals surface area (Å²) < 4.78 is 0. The number of hydrogen-bond donors (Lipinski definition) is 1. The molecule has 1 aromatic rings. The van der Waals surface area contributed by atoms with Crippen LogP contribution in [0.3, 0.4) is 0 Å². The standard InChI is InChI=1S/C17H25N3/c1-19-9-10-20(12-14-7-8-16(18)11-14)17(13-19)15-5-3-2-4-6-15/h2-8,14,16-17H,9-13,18H2,1H3. The molecule has 108 valence electrons. The molecule has 3 unspecified atom stereocenters. The lowest BCUT2D eigenvalue weighted by Gasteiger charge is -2.41. The van der Waals surface area contributed by atoms with Crippen LogP contribution in [0.2, 0.25) is 0 Å². The summed E-state index contributed by atoms with van der Waals surface area (Å²) in [5.41, 5.74) is 7.42. The minimum Gasteiger partial charge on any atom is -0.324 e. The monoisotopic (exact) mass is 271 g/mol. The minimum absolute atomic E-state index is 0.266. The first-order valence-corrected chi connectivity index (χ1v) is 7.64. The third-order valence-electron chi connectivity index (χ3n) is 4.55. The van der Waals surface area contributed by atoms with Gasteiger partial charge in [-0.2, -0.15) is 0 Å². The van der Waals surface area contributed by atoms with E-state index in [1.54, 1.807) is 0 Å². The third kappa shape index (κ3) is 3.11. The smallest absolute Gasteiger partial charge is 0.0475 e. The lowest BCUT2D eigenvalue weighted by atomic mass is 9.99. The highest BCUT2D eigenvalue weighted by atomic mass is 15.3.